The van der Waals surface area contributed by atoms with Crippen molar-refractivity contribution in [2.24, 2.45) is 0 Å². The van der Waals surface area contributed by atoms with Crippen LogP contribution in [-0.2, 0) is 11.4 Å². The number of amides is 1. The van der Waals surface area contributed by atoms with Gasteiger partial charge in [0.2, 0.25) is 0 Å². The van der Waals surface area contributed by atoms with E-state index in [0.717, 1.165) is 14.7 Å². The first kappa shape index (κ1) is 24.0. The lowest BCUT2D eigenvalue weighted by atomic mass is 10.1. The Hall–Kier alpha value is -2.70. The minimum absolute atomic E-state index is 0.0120. The minimum atomic E-state index is -0.473. The second kappa shape index (κ2) is 10.7. The summed E-state index contributed by atoms with van der Waals surface area (Å²) in [7, 11) is 0. The molecule has 0 atom stereocenters. The van der Waals surface area contributed by atoms with Gasteiger partial charge in [0.05, 0.1) is 8.04 Å². The Bertz CT molecular complexity index is 1230. The van der Waals surface area contributed by atoms with E-state index in [1.165, 1.54) is 18.2 Å². The van der Waals surface area contributed by atoms with E-state index in [9.17, 15) is 14.4 Å². The largest absolute Gasteiger partial charge is 0.487 e. The van der Waals surface area contributed by atoms with Crippen molar-refractivity contribution in [2.75, 3.05) is 5.32 Å². The van der Waals surface area contributed by atoms with Crippen molar-refractivity contribution in [1.82, 2.24) is 0 Å². The molecule has 0 saturated heterocycles. The molecule has 3 aromatic rings. The first-order valence-corrected chi connectivity index (χ1v) is 11.5. The van der Waals surface area contributed by atoms with E-state index >= 15 is 0 Å². The van der Waals surface area contributed by atoms with Gasteiger partial charge in [-0.05, 0) is 111 Å². The third-order valence-electron chi connectivity index (χ3n) is 4.61. The molecule has 0 aliphatic rings. The summed E-state index contributed by atoms with van der Waals surface area (Å²) in [6, 6.07) is 17.5. The number of carbonyl (C=O) groups is 1. The van der Waals surface area contributed by atoms with Crippen LogP contribution in [-0.4, -0.2) is 5.91 Å². The number of ether oxygens (including phenoxy) is 1. The molecule has 0 bridgehead atoms. The van der Waals surface area contributed by atoms with Crippen molar-refractivity contribution in [2.45, 2.75) is 20.5 Å². The van der Waals surface area contributed by atoms with E-state index in [2.05, 4.69) is 43.8 Å². The molecule has 1 N–H and O–H groups in total. The molecule has 0 aliphatic carbocycles. The lowest BCUT2D eigenvalue weighted by Gasteiger charge is -2.12. The zero-order chi connectivity index (χ0) is 23.3. The maximum absolute atomic E-state index is 13.4. The summed E-state index contributed by atoms with van der Waals surface area (Å²) in [6.45, 7) is 4.05. The van der Waals surface area contributed by atoms with Crippen LogP contribution < -0.4 is 10.1 Å². The Morgan fingerprint density at radius 2 is 2.00 bits per heavy atom. The molecule has 0 radical (unpaired) electrons. The maximum atomic E-state index is 13.4. The summed E-state index contributed by atoms with van der Waals surface area (Å²) in [5, 5.41) is 12.3. The smallest absolute Gasteiger partial charge is 0.266 e. The first-order valence-electron chi connectivity index (χ1n) is 9.63. The van der Waals surface area contributed by atoms with E-state index in [1.807, 2.05) is 44.2 Å². The van der Waals surface area contributed by atoms with Crippen molar-refractivity contribution in [3.05, 3.63) is 96.3 Å². The average molecular weight is 605 g/mol. The number of hydrogen-bond acceptors (Lipinski definition) is 3. The Labute approximate surface area is 208 Å². The quantitative estimate of drug-likeness (QED) is 0.188. The predicted molar refractivity (Wildman–Crippen MR) is 136 cm³/mol. The van der Waals surface area contributed by atoms with Gasteiger partial charge in [0.1, 0.15) is 29.8 Å². The van der Waals surface area contributed by atoms with Gasteiger partial charge in [0, 0.05) is 5.69 Å². The van der Waals surface area contributed by atoms with Gasteiger partial charge < -0.3 is 10.1 Å². The number of nitriles is 1. The van der Waals surface area contributed by atoms with Crippen LogP contribution in [0.1, 0.15) is 22.3 Å². The Morgan fingerprint density at radius 1 is 1.22 bits per heavy atom. The summed E-state index contributed by atoms with van der Waals surface area (Å²) in [6.07, 6.45) is 1.53. The summed E-state index contributed by atoms with van der Waals surface area (Å²) >= 11 is 5.61. The van der Waals surface area contributed by atoms with Crippen molar-refractivity contribution < 1.29 is 13.9 Å². The first-order chi connectivity index (χ1) is 15.3. The molecular formula is C25H19BrFIN2O2. The molecule has 0 heterocycles. The third-order valence-corrected chi connectivity index (χ3v) is 6.00. The second-order valence-electron chi connectivity index (χ2n) is 7.17. The minimum Gasteiger partial charge on any atom is -0.487 e. The summed E-state index contributed by atoms with van der Waals surface area (Å²) in [5.41, 5.74) is 3.98. The molecule has 3 rings (SSSR count). The number of nitrogens with zero attached hydrogens (tertiary/aromatic N) is 1. The molecule has 1 amide bonds. The molecule has 4 nitrogen and oxygen atoms in total. The number of rotatable bonds is 6. The van der Waals surface area contributed by atoms with Crippen LogP contribution in [0.3, 0.4) is 0 Å². The zero-order valence-corrected chi connectivity index (χ0v) is 21.1. The van der Waals surface area contributed by atoms with E-state index in [-0.39, 0.29) is 18.0 Å². The van der Waals surface area contributed by atoms with E-state index in [4.69, 9.17) is 4.74 Å². The normalized spacial score (nSPS) is 11.1. The average Bonchev–Trinajstić information content (AvgIpc) is 2.74. The highest BCUT2D eigenvalue weighted by Gasteiger charge is 2.14. The lowest BCUT2D eigenvalue weighted by molar-refractivity contribution is -0.112. The van der Waals surface area contributed by atoms with Crippen LogP contribution in [0.2, 0.25) is 0 Å². The third kappa shape index (κ3) is 6.17. The van der Waals surface area contributed by atoms with Crippen LogP contribution in [0.15, 0.2) is 64.6 Å². The topological polar surface area (TPSA) is 62.1 Å². The predicted octanol–water partition coefficient (Wildman–Crippen LogP) is 6.93. The molecule has 0 aliphatic heterocycles. The monoisotopic (exact) mass is 604 g/mol. The fourth-order valence-corrected chi connectivity index (χ4v) is 4.73. The SMILES string of the molecule is Cc1ccc(C)c(NC(=O)/C(C#N)=C/c2cc(Br)c(OCc3cccc(F)c3)c(I)c2)c1. The van der Waals surface area contributed by atoms with Crippen LogP contribution in [0.5, 0.6) is 5.75 Å². The Balaban J connectivity index is 1.79. The zero-order valence-electron chi connectivity index (χ0n) is 17.4. The number of aryl methyl sites for hydroxylation is 2. The molecule has 7 heteroatoms. The van der Waals surface area contributed by atoms with Gasteiger partial charge in [-0.25, -0.2) is 4.39 Å². The molecule has 0 unspecified atom stereocenters. The van der Waals surface area contributed by atoms with Crippen molar-refractivity contribution >= 4 is 56.2 Å². The van der Waals surface area contributed by atoms with Crippen molar-refractivity contribution in [1.29, 1.82) is 5.26 Å². The van der Waals surface area contributed by atoms with Crippen LogP contribution in [0.4, 0.5) is 10.1 Å². The van der Waals surface area contributed by atoms with Gasteiger partial charge in [-0.15, -0.1) is 0 Å². The molecule has 162 valence electrons. The second-order valence-corrected chi connectivity index (χ2v) is 9.19. The van der Waals surface area contributed by atoms with Gasteiger partial charge in [0.15, 0.2) is 0 Å². The van der Waals surface area contributed by atoms with Crippen molar-refractivity contribution in [3.63, 3.8) is 0 Å². The molecule has 0 fully saturated rings. The molecule has 0 saturated carbocycles. The van der Waals surface area contributed by atoms with Gasteiger partial charge in [-0.3, -0.25) is 4.79 Å². The van der Waals surface area contributed by atoms with E-state index in [0.29, 0.717) is 27.0 Å². The van der Waals surface area contributed by atoms with Crippen LogP contribution in [0, 0.1) is 34.6 Å². The highest BCUT2D eigenvalue weighted by Crippen LogP contribution is 2.33. The van der Waals surface area contributed by atoms with E-state index < -0.39 is 5.91 Å². The molecule has 32 heavy (non-hydrogen) atoms. The highest BCUT2D eigenvalue weighted by atomic mass is 127. The number of benzene rings is 3. The number of anilines is 1. The van der Waals surface area contributed by atoms with Gasteiger partial charge in [-0.1, -0.05) is 24.3 Å². The van der Waals surface area contributed by atoms with Crippen molar-refractivity contribution in [3.8, 4) is 11.8 Å². The highest BCUT2D eigenvalue weighted by molar-refractivity contribution is 14.1. The number of carbonyl (C=O) groups excluding carboxylic acids is 1. The number of hydrogen-bond donors (Lipinski definition) is 1. The fraction of sp³-hybridized carbons (Fsp3) is 0.120. The standard InChI is InChI=1S/C25H19BrFIN2O2/c1-15-6-7-16(2)23(8-15)30-25(31)19(13-29)9-18-11-21(26)24(22(28)12-18)32-14-17-4-3-5-20(27)10-17/h3-12H,14H2,1-2H3,(H,30,31)/b19-9+. The number of halogens is 3. The summed E-state index contributed by atoms with van der Waals surface area (Å²) in [5.74, 6) is -0.187. The molecule has 0 aromatic heterocycles. The number of nitrogens with one attached hydrogen (secondary N) is 1. The lowest BCUT2D eigenvalue weighted by Crippen LogP contribution is -2.14. The van der Waals surface area contributed by atoms with Gasteiger partial charge >= 0.3 is 0 Å². The Kier molecular flexibility index (Phi) is 8.04. The van der Waals surface area contributed by atoms with Crippen LogP contribution >= 0.6 is 38.5 Å². The molecule has 0 spiro atoms. The van der Waals surface area contributed by atoms with Gasteiger partial charge in [0.25, 0.3) is 5.91 Å². The van der Waals surface area contributed by atoms with E-state index in [1.54, 1.807) is 18.2 Å². The molecule has 3 aromatic carbocycles. The fourth-order valence-electron chi connectivity index (χ4n) is 2.96. The summed E-state index contributed by atoms with van der Waals surface area (Å²) < 4.78 is 20.7. The summed E-state index contributed by atoms with van der Waals surface area (Å²) in [4.78, 5) is 12.7. The van der Waals surface area contributed by atoms with Gasteiger partial charge in [-0.2, -0.15) is 5.26 Å². The molecular weight excluding hydrogens is 586 g/mol. The van der Waals surface area contributed by atoms with Crippen LogP contribution in [0.25, 0.3) is 6.08 Å². The maximum Gasteiger partial charge on any atom is 0.266 e. The Morgan fingerprint density at radius 3 is 2.69 bits per heavy atom.